The Balaban J connectivity index is 1.60. The van der Waals surface area contributed by atoms with Gasteiger partial charge in [-0.3, -0.25) is 9.30 Å². The maximum atomic E-state index is 5.49. The van der Waals surface area contributed by atoms with Gasteiger partial charge >= 0.3 is 0 Å². The van der Waals surface area contributed by atoms with E-state index in [9.17, 15) is 0 Å². The van der Waals surface area contributed by atoms with Gasteiger partial charge in [-0.15, -0.1) is 0 Å². The first-order valence-electron chi connectivity index (χ1n) is 9.74. The number of fused-ring (bicyclic) bond motifs is 3. The molecule has 0 radical (unpaired) electrons. The third-order valence-corrected chi connectivity index (χ3v) is 5.47. The van der Waals surface area contributed by atoms with Crippen LogP contribution in [0.2, 0.25) is 0 Å². The van der Waals surface area contributed by atoms with E-state index < -0.39 is 0 Å². The van der Waals surface area contributed by atoms with Crippen molar-refractivity contribution in [3.63, 3.8) is 0 Å². The van der Waals surface area contributed by atoms with E-state index in [0.29, 0.717) is 0 Å². The number of benzene rings is 2. The van der Waals surface area contributed by atoms with E-state index >= 15 is 0 Å². The number of hydrogen-bond donors (Lipinski definition) is 0. The van der Waals surface area contributed by atoms with Gasteiger partial charge in [0, 0.05) is 37.9 Å². The predicted molar refractivity (Wildman–Crippen MR) is 110 cm³/mol. The molecule has 5 rings (SSSR count). The van der Waals surface area contributed by atoms with Crippen molar-refractivity contribution in [3.05, 3.63) is 54.7 Å². The van der Waals surface area contributed by atoms with Crippen molar-refractivity contribution in [1.82, 2.24) is 18.9 Å². The van der Waals surface area contributed by atoms with E-state index in [-0.39, 0.29) is 0 Å². The summed E-state index contributed by atoms with van der Waals surface area (Å²) in [5, 5.41) is 0. The van der Waals surface area contributed by atoms with Crippen molar-refractivity contribution in [2.24, 2.45) is 0 Å². The van der Waals surface area contributed by atoms with Crippen LogP contribution in [0.1, 0.15) is 0 Å². The molecule has 0 aliphatic carbocycles. The Morgan fingerprint density at radius 3 is 2.75 bits per heavy atom. The van der Waals surface area contributed by atoms with Crippen LogP contribution in [0.4, 0.5) is 0 Å². The zero-order valence-corrected chi connectivity index (χ0v) is 16.0. The fourth-order valence-electron chi connectivity index (χ4n) is 3.95. The average Bonchev–Trinajstić information content (AvgIpc) is 3.29. The molecule has 0 N–H and O–H groups in total. The van der Waals surface area contributed by atoms with Crippen molar-refractivity contribution < 1.29 is 9.47 Å². The monoisotopic (exact) mass is 376 g/mol. The molecule has 3 heterocycles. The topological polar surface area (TPSA) is 43.9 Å². The predicted octanol–water partition coefficient (Wildman–Crippen LogP) is 3.30. The minimum Gasteiger partial charge on any atom is -0.497 e. The molecular weight excluding hydrogens is 352 g/mol. The van der Waals surface area contributed by atoms with Crippen molar-refractivity contribution in [2.45, 2.75) is 6.54 Å². The molecule has 1 fully saturated rings. The summed E-state index contributed by atoms with van der Waals surface area (Å²) in [7, 11) is 1.71. The van der Waals surface area contributed by atoms with Crippen LogP contribution in [-0.4, -0.2) is 58.8 Å². The molecule has 2 aromatic heterocycles. The summed E-state index contributed by atoms with van der Waals surface area (Å²) in [5.41, 5.74) is 4.44. The summed E-state index contributed by atoms with van der Waals surface area (Å²) >= 11 is 0. The molecule has 0 spiro atoms. The SMILES string of the molecule is COc1cccc(-c2cn3c4ccccc4nc3n2CCN2CCOCC2)c1. The summed E-state index contributed by atoms with van der Waals surface area (Å²) in [4.78, 5) is 7.38. The lowest BCUT2D eigenvalue weighted by molar-refractivity contribution is 0.0365. The number of ether oxygens (including phenoxy) is 2. The Labute approximate surface area is 163 Å². The van der Waals surface area contributed by atoms with Gasteiger partial charge in [-0.05, 0) is 24.3 Å². The molecule has 0 saturated carbocycles. The molecule has 144 valence electrons. The number of imidazole rings is 2. The third-order valence-electron chi connectivity index (χ3n) is 5.47. The Bertz CT molecular complexity index is 1110. The molecule has 1 saturated heterocycles. The second-order valence-electron chi connectivity index (χ2n) is 7.12. The van der Waals surface area contributed by atoms with Crippen LogP contribution in [0, 0.1) is 0 Å². The highest BCUT2D eigenvalue weighted by Crippen LogP contribution is 2.28. The van der Waals surface area contributed by atoms with Crippen LogP contribution < -0.4 is 4.74 Å². The summed E-state index contributed by atoms with van der Waals surface area (Å²) < 4.78 is 15.5. The lowest BCUT2D eigenvalue weighted by Crippen LogP contribution is -2.38. The average molecular weight is 376 g/mol. The maximum absolute atomic E-state index is 5.49. The van der Waals surface area contributed by atoms with Gasteiger partial charge in [0.2, 0.25) is 5.78 Å². The molecule has 4 aromatic rings. The van der Waals surface area contributed by atoms with Crippen LogP contribution in [0.3, 0.4) is 0 Å². The van der Waals surface area contributed by atoms with E-state index in [4.69, 9.17) is 14.5 Å². The molecule has 2 aromatic carbocycles. The number of para-hydroxylation sites is 2. The Kier molecular flexibility index (Phi) is 4.50. The second kappa shape index (κ2) is 7.30. The van der Waals surface area contributed by atoms with Gasteiger partial charge in [-0.25, -0.2) is 4.98 Å². The van der Waals surface area contributed by atoms with Crippen molar-refractivity contribution in [1.29, 1.82) is 0 Å². The third kappa shape index (κ3) is 3.04. The molecular formula is C22H24N4O2. The van der Waals surface area contributed by atoms with Gasteiger partial charge in [0.1, 0.15) is 5.75 Å². The standard InChI is InChI=1S/C22H24N4O2/c1-27-18-6-4-5-17(15-18)21-16-26-20-8-3-2-7-19(20)23-22(26)25(21)10-9-24-11-13-28-14-12-24/h2-8,15-16H,9-14H2,1H3. The normalized spacial score (nSPS) is 15.5. The van der Waals surface area contributed by atoms with Crippen molar-refractivity contribution in [2.75, 3.05) is 40.0 Å². The molecule has 0 unspecified atom stereocenters. The van der Waals surface area contributed by atoms with Crippen LogP contribution in [0.25, 0.3) is 28.1 Å². The summed E-state index contributed by atoms with van der Waals surface area (Å²) in [5.74, 6) is 1.84. The zero-order valence-electron chi connectivity index (χ0n) is 16.0. The number of aromatic nitrogens is 3. The number of methoxy groups -OCH3 is 1. The number of hydrogen-bond acceptors (Lipinski definition) is 4. The highest BCUT2D eigenvalue weighted by molar-refractivity contribution is 5.81. The largest absolute Gasteiger partial charge is 0.497 e. The van der Waals surface area contributed by atoms with Crippen LogP contribution in [0.5, 0.6) is 5.75 Å². The summed E-state index contributed by atoms with van der Waals surface area (Å²) in [6, 6.07) is 16.5. The Morgan fingerprint density at radius 2 is 1.89 bits per heavy atom. The van der Waals surface area contributed by atoms with Crippen molar-refractivity contribution >= 4 is 16.8 Å². The molecule has 1 aliphatic heterocycles. The van der Waals surface area contributed by atoms with E-state index in [1.165, 1.54) is 0 Å². The Hall–Kier alpha value is -2.83. The summed E-state index contributed by atoms with van der Waals surface area (Å²) in [6.45, 7) is 5.47. The maximum Gasteiger partial charge on any atom is 0.215 e. The number of rotatable bonds is 5. The van der Waals surface area contributed by atoms with Crippen LogP contribution in [0.15, 0.2) is 54.7 Å². The molecule has 6 heteroatoms. The van der Waals surface area contributed by atoms with Gasteiger partial charge in [-0.1, -0.05) is 24.3 Å². The summed E-state index contributed by atoms with van der Waals surface area (Å²) in [6.07, 6.45) is 2.19. The minimum atomic E-state index is 0.817. The van der Waals surface area contributed by atoms with E-state index in [0.717, 1.165) is 73.2 Å². The van der Waals surface area contributed by atoms with Gasteiger partial charge in [0.15, 0.2) is 0 Å². The first-order chi connectivity index (χ1) is 13.8. The van der Waals surface area contributed by atoms with Crippen LogP contribution >= 0.6 is 0 Å². The fraction of sp³-hybridized carbons (Fsp3) is 0.318. The lowest BCUT2D eigenvalue weighted by Gasteiger charge is -2.26. The number of nitrogens with zero attached hydrogens (tertiary/aromatic N) is 4. The van der Waals surface area contributed by atoms with Gasteiger partial charge in [0.25, 0.3) is 0 Å². The molecule has 0 bridgehead atoms. The molecule has 28 heavy (non-hydrogen) atoms. The van der Waals surface area contributed by atoms with Crippen LogP contribution in [-0.2, 0) is 11.3 Å². The van der Waals surface area contributed by atoms with Gasteiger partial charge in [0.05, 0.1) is 37.1 Å². The highest BCUT2D eigenvalue weighted by atomic mass is 16.5. The molecule has 0 amide bonds. The zero-order chi connectivity index (χ0) is 18.9. The second-order valence-corrected chi connectivity index (χ2v) is 7.12. The first kappa shape index (κ1) is 17.3. The quantitative estimate of drug-likeness (QED) is 0.536. The van der Waals surface area contributed by atoms with Gasteiger partial charge in [-0.2, -0.15) is 0 Å². The minimum absolute atomic E-state index is 0.817. The van der Waals surface area contributed by atoms with E-state index in [1.807, 2.05) is 18.2 Å². The molecule has 0 atom stereocenters. The Morgan fingerprint density at radius 1 is 1.04 bits per heavy atom. The fourth-order valence-corrected chi connectivity index (χ4v) is 3.95. The lowest BCUT2D eigenvalue weighted by atomic mass is 10.1. The van der Waals surface area contributed by atoms with E-state index in [2.05, 4.69) is 50.4 Å². The van der Waals surface area contributed by atoms with Gasteiger partial charge < -0.3 is 14.0 Å². The molecule has 6 nitrogen and oxygen atoms in total. The first-order valence-corrected chi connectivity index (χ1v) is 9.74. The smallest absolute Gasteiger partial charge is 0.215 e. The van der Waals surface area contributed by atoms with E-state index in [1.54, 1.807) is 7.11 Å². The number of morpholine rings is 1. The van der Waals surface area contributed by atoms with Crippen molar-refractivity contribution in [3.8, 4) is 17.0 Å². The molecule has 1 aliphatic rings. The highest BCUT2D eigenvalue weighted by Gasteiger charge is 2.17.